The Hall–Kier alpha value is -0.0500. The molecule has 0 aliphatic carbocycles. The summed E-state index contributed by atoms with van der Waals surface area (Å²) >= 11 is 8.93. The van der Waals surface area contributed by atoms with Gasteiger partial charge in [0.05, 0.1) is 6.10 Å². The van der Waals surface area contributed by atoms with Crippen LogP contribution in [0.1, 0.15) is 18.4 Å². The number of hydrogen-bond acceptors (Lipinski definition) is 1. The van der Waals surface area contributed by atoms with Crippen LogP contribution in [-0.4, -0.2) is 17.1 Å². The van der Waals surface area contributed by atoms with Crippen molar-refractivity contribution in [3.8, 4) is 0 Å². The van der Waals surface area contributed by atoms with Crippen LogP contribution in [0.25, 0.3) is 0 Å². The molecule has 1 N–H and O–H groups in total. The van der Waals surface area contributed by atoms with Gasteiger partial charge >= 0.3 is 0 Å². The van der Waals surface area contributed by atoms with Crippen molar-refractivity contribution in [3.63, 3.8) is 0 Å². The van der Waals surface area contributed by atoms with Gasteiger partial charge in [-0.3, -0.25) is 0 Å². The van der Waals surface area contributed by atoms with Crippen LogP contribution in [0.5, 0.6) is 0 Å². The minimum absolute atomic E-state index is 0.269. The molecule has 1 rings (SSSR count). The molecule has 78 valence electrons. The Balaban J connectivity index is 2.39. The lowest BCUT2D eigenvalue weighted by molar-refractivity contribution is 0.164. The van der Waals surface area contributed by atoms with Crippen molar-refractivity contribution in [1.29, 1.82) is 0 Å². The molecule has 0 saturated heterocycles. The zero-order chi connectivity index (χ0) is 10.4. The van der Waals surface area contributed by atoms with Gasteiger partial charge in [-0.15, -0.1) is 11.6 Å². The predicted octanol–water partition coefficient (Wildman–Crippen LogP) is 3.37. The molecular formula is C11H14BrClO. The molecule has 1 nitrogen and oxygen atoms in total. The van der Waals surface area contributed by atoms with Crippen LogP contribution in [0.15, 0.2) is 28.7 Å². The highest BCUT2D eigenvalue weighted by molar-refractivity contribution is 9.10. The molecule has 1 unspecified atom stereocenters. The summed E-state index contributed by atoms with van der Waals surface area (Å²) in [7, 11) is 0. The van der Waals surface area contributed by atoms with E-state index in [2.05, 4.69) is 15.9 Å². The Morgan fingerprint density at radius 2 is 1.93 bits per heavy atom. The minimum atomic E-state index is -0.269. The van der Waals surface area contributed by atoms with Gasteiger partial charge in [0.2, 0.25) is 0 Å². The van der Waals surface area contributed by atoms with Crippen LogP contribution in [0.2, 0.25) is 0 Å². The lowest BCUT2D eigenvalue weighted by Crippen LogP contribution is -2.10. The van der Waals surface area contributed by atoms with Gasteiger partial charge in [-0.05, 0) is 37.0 Å². The van der Waals surface area contributed by atoms with E-state index in [1.54, 1.807) is 0 Å². The van der Waals surface area contributed by atoms with Crippen molar-refractivity contribution in [2.45, 2.75) is 25.4 Å². The average molecular weight is 278 g/mol. The van der Waals surface area contributed by atoms with E-state index in [4.69, 9.17) is 11.6 Å². The van der Waals surface area contributed by atoms with E-state index in [1.165, 1.54) is 0 Å². The SMILES string of the molecule is OC(CCCCl)Cc1ccc(Br)cc1. The number of hydrogen-bond donors (Lipinski definition) is 1. The van der Waals surface area contributed by atoms with Crippen molar-refractivity contribution in [2.75, 3.05) is 5.88 Å². The number of benzene rings is 1. The summed E-state index contributed by atoms with van der Waals surface area (Å²) in [6.07, 6.45) is 2.10. The third-order valence-electron chi connectivity index (χ3n) is 2.06. The van der Waals surface area contributed by atoms with Gasteiger partial charge in [-0.1, -0.05) is 28.1 Å². The summed E-state index contributed by atoms with van der Waals surface area (Å²) in [6.45, 7) is 0. The first-order valence-corrected chi connectivity index (χ1v) is 6.03. The third-order valence-corrected chi connectivity index (χ3v) is 2.85. The van der Waals surface area contributed by atoms with Crippen LogP contribution < -0.4 is 0 Å². The highest BCUT2D eigenvalue weighted by atomic mass is 79.9. The van der Waals surface area contributed by atoms with E-state index in [0.29, 0.717) is 12.3 Å². The zero-order valence-corrected chi connectivity index (χ0v) is 10.3. The van der Waals surface area contributed by atoms with Crippen LogP contribution in [0, 0.1) is 0 Å². The molecule has 0 fully saturated rings. The molecule has 1 aromatic carbocycles. The summed E-state index contributed by atoms with van der Waals surface area (Å²) < 4.78 is 1.07. The van der Waals surface area contributed by atoms with Gasteiger partial charge in [0.1, 0.15) is 0 Å². The largest absolute Gasteiger partial charge is 0.393 e. The normalized spacial score (nSPS) is 12.8. The lowest BCUT2D eigenvalue weighted by Gasteiger charge is -2.09. The van der Waals surface area contributed by atoms with Crippen molar-refractivity contribution >= 4 is 27.5 Å². The molecule has 0 bridgehead atoms. The highest BCUT2D eigenvalue weighted by Gasteiger charge is 2.04. The monoisotopic (exact) mass is 276 g/mol. The van der Waals surface area contributed by atoms with Gasteiger partial charge in [-0.25, -0.2) is 0 Å². The Morgan fingerprint density at radius 1 is 1.29 bits per heavy atom. The maximum atomic E-state index is 9.63. The minimum Gasteiger partial charge on any atom is -0.393 e. The molecule has 0 spiro atoms. The van der Waals surface area contributed by atoms with Gasteiger partial charge in [-0.2, -0.15) is 0 Å². The van der Waals surface area contributed by atoms with Crippen LogP contribution in [0.4, 0.5) is 0 Å². The molecule has 0 aliphatic rings. The van der Waals surface area contributed by atoms with Gasteiger partial charge < -0.3 is 5.11 Å². The second kappa shape index (κ2) is 6.44. The lowest BCUT2D eigenvalue weighted by atomic mass is 10.1. The summed E-state index contributed by atoms with van der Waals surface area (Å²) in [5.74, 6) is 0.622. The van der Waals surface area contributed by atoms with Crippen LogP contribution >= 0.6 is 27.5 Å². The number of halogens is 2. The van der Waals surface area contributed by atoms with Crippen molar-refractivity contribution < 1.29 is 5.11 Å². The molecule has 0 heterocycles. The Labute approximate surface area is 98.2 Å². The first-order chi connectivity index (χ1) is 6.72. The molecule has 1 aromatic rings. The number of aliphatic hydroxyl groups excluding tert-OH is 1. The molecular weight excluding hydrogens is 263 g/mol. The maximum Gasteiger partial charge on any atom is 0.0581 e. The standard InChI is InChI=1S/C11H14BrClO/c12-10-5-3-9(4-6-10)8-11(14)2-1-7-13/h3-6,11,14H,1-2,7-8H2. The summed E-state index contributed by atoms with van der Waals surface area (Å²) in [5, 5.41) is 9.63. The smallest absolute Gasteiger partial charge is 0.0581 e. The maximum absolute atomic E-state index is 9.63. The molecule has 0 radical (unpaired) electrons. The third kappa shape index (κ3) is 4.45. The van der Waals surface area contributed by atoms with Crippen LogP contribution in [0.3, 0.4) is 0 Å². The Kier molecular flexibility index (Phi) is 5.53. The average Bonchev–Trinajstić information content (AvgIpc) is 2.18. The topological polar surface area (TPSA) is 20.2 Å². The summed E-state index contributed by atoms with van der Waals surface area (Å²) in [4.78, 5) is 0. The molecule has 14 heavy (non-hydrogen) atoms. The Bertz CT molecular complexity index is 260. The van der Waals surface area contributed by atoms with E-state index in [-0.39, 0.29) is 6.10 Å². The molecule has 3 heteroatoms. The number of alkyl halides is 1. The van der Waals surface area contributed by atoms with Crippen molar-refractivity contribution in [3.05, 3.63) is 34.3 Å². The predicted molar refractivity (Wildman–Crippen MR) is 63.8 cm³/mol. The van der Waals surface area contributed by atoms with Crippen LogP contribution in [-0.2, 0) is 6.42 Å². The first kappa shape index (κ1) is 12.0. The van der Waals surface area contributed by atoms with E-state index in [9.17, 15) is 5.11 Å². The second-order valence-electron chi connectivity index (χ2n) is 3.32. The highest BCUT2D eigenvalue weighted by Crippen LogP contribution is 2.13. The van der Waals surface area contributed by atoms with Crippen molar-refractivity contribution in [2.24, 2.45) is 0 Å². The molecule has 0 aromatic heterocycles. The molecule has 0 amide bonds. The fraction of sp³-hybridized carbons (Fsp3) is 0.455. The summed E-state index contributed by atoms with van der Waals surface area (Å²) in [6, 6.07) is 8.02. The van der Waals surface area contributed by atoms with E-state index < -0.39 is 0 Å². The molecule has 1 atom stereocenters. The molecule has 0 aliphatic heterocycles. The fourth-order valence-corrected chi connectivity index (χ4v) is 1.73. The fourth-order valence-electron chi connectivity index (χ4n) is 1.31. The van der Waals surface area contributed by atoms with Gasteiger partial charge in [0.15, 0.2) is 0 Å². The molecule has 0 saturated carbocycles. The Morgan fingerprint density at radius 3 is 2.50 bits per heavy atom. The van der Waals surface area contributed by atoms with Crippen molar-refractivity contribution in [1.82, 2.24) is 0 Å². The quantitative estimate of drug-likeness (QED) is 0.818. The summed E-state index contributed by atoms with van der Waals surface area (Å²) in [5.41, 5.74) is 1.16. The number of rotatable bonds is 5. The van der Waals surface area contributed by atoms with E-state index in [1.807, 2.05) is 24.3 Å². The zero-order valence-electron chi connectivity index (χ0n) is 7.92. The van der Waals surface area contributed by atoms with E-state index >= 15 is 0 Å². The van der Waals surface area contributed by atoms with Gasteiger partial charge in [0, 0.05) is 10.4 Å². The second-order valence-corrected chi connectivity index (χ2v) is 4.61. The van der Waals surface area contributed by atoms with Gasteiger partial charge in [0.25, 0.3) is 0 Å². The van der Waals surface area contributed by atoms with E-state index in [0.717, 1.165) is 22.9 Å². The first-order valence-electron chi connectivity index (χ1n) is 4.71. The number of aliphatic hydroxyl groups is 1.